The molecular weight excluding hydrogens is 280 g/mol. The zero-order chi connectivity index (χ0) is 14.2. The van der Waals surface area contributed by atoms with Gasteiger partial charge in [0.2, 0.25) is 0 Å². The quantitative estimate of drug-likeness (QED) is 0.688. The van der Waals surface area contributed by atoms with Crippen LogP contribution in [0.3, 0.4) is 0 Å². The fourth-order valence-electron chi connectivity index (χ4n) is 4.37. The molecule has 0 heterocycles. The van der Waals surface area contributed by atoms with E-state index in [0.717, 1.165) is 35.7 Å². The number of alkyl halides is 1. The van der Waals surface area contributed by atoms with Crippen molar-refractivity contribution in [3.63, 3.8) is 0 Å². The van der Waals surface area contributed by atoms with Gasteiger partial charge in [-0.1, -0.05) is 36.8 Å². The van der Waals surface area contributed by atoms with Gasteiger partial charge in [0.25, 0.3) is 0 Å². The van der Waals surface area contributed by atoms with Gasteiger partial charge in [-0.2, -0.15) is 0 Å². The number of hydrogen-bond acceptors (Lipinski definition) is 1. The summed E-state index contributed by atoms with van der Waals surface area (Å²) in [6, 6.07) is 12.6. The van der Waals surface area contributed by atoms with Crippen LogP contribution in [0.5, 0.6) is 5.75 Å². The first-order valence-electron chi connectivity index (χ1n) is 8.04. The van der Waals surface area contributed by atoms with Crippen molar-refractivity contribution in [1.82, 2.24) is 0 Å². The minimum atomic E-state index is 0.507. The standard InChI is InChI=1S/C19H21ClO/c20-11-18-17-4-2-1-3-14(17)7-8-19(18)21-12-16-10-13-5-6-15(16)9-13/h1-4,7-8,13,15-16H,5-6,9-12H2. The molecule has 0 radical (unpaired) electrons. The fraction of sp³-hybridized carbons (Fsp3) is 0.474. The Balaban J connectivity index is 1.56. The van der Waals surface area contributed by atoms with Gasteiger partial charge in [-0.15, -0.1) is 11.6 Å². The third kappa shape index (κ3) is 2.42. The molecule has 0 spiro atoms. The van der Waals surface area contributed by atoms with Crippen molar-refractivity contribution in [2.75, 3.05) is 6.61 Å². The van der Waals surface area contributed by atoms with E-state index in [0.29, 0.717) is 5.88 Å². The highest BCUT2D eigenvalue weighted by Gasteiger charge is 2.39. The average molecular weight is 301 g/mol. The Bertz CT molecular complexity index is 651. The maximum absolute atomic E-state index is 6.19. The molecule has 4 rings (SSSR count). The monoisotopic (exact) mass is 300 g/mol. The van der Waals surface area contributed by atoms with Crippen LogP contribution in [0, 0.1) is 17.8 Å². The number of ether oxygens (including phenoxy) is 1. The van der Waals surface area contributed by atoms with Crippen LogP contribution in [-0.4, -0.2) is 6.61 Å². The predicted octanol–water partition coefficient (Wildman–Crippen LogP) is 5.39. The molecule has 2 saturated carbocycles. The third-order valence-electron chi connectivity index (χ3n) is 5.47. The van der Waals surface area contributed by atoms with Gasteiger partial charge < -0.3 is 4.74 Å². The van der Waals surface area contributed by atoms with E-state index in [2.05, 4.69) is 36.4 Å². The Morgan fingerprint density at radius 2 is 1.95 bits per heavy atom. The number of halogens is 1. The molecule has 21 heavy (non-hydrogen) atoms. The molecule has 2 fully saturated rings. The summed E-state index contributed by atoms with van der Waals surface area (Å²) in [4.78, 5) is 0. The van der Waals surface area contributed by atoms with Crippen molar-refractivity contribution in [2.45, 2.75) is 31.6 Å². The summed E-state index contributed by atoms with van der Waals surface area (Å²) in [7, 11) is 0. The second-order valence-electron chi connectivity index (χ2n) is 6.64. The molecule has 3 unspecified atom stereocenters. The lowest BCUT2D eigenvalue weighted by atomic mass is 9.89. The molecular formula is C19H21ClO. The van der Waals surface area contributed by atoms with Crippen molar-refractivity contribution in [2.24, 2.45) is 17.8 Å². The van der Waals surface area contributed by atoms with Crippen molar-refractivity contribution < 1.29 is 4.74 Å². The molecule has 0 saturated heterocycles. The van der Waals surface area contributed by atoms with Gasteiger partial charge in [0.15, 0.2) is 0 Å². The molecule has 0 aromatic heterocycles. The van der Waals surface area contributed by atoms with Crippen molar-refractivity contribution in [3.8, 4) is 5.75 Å². The van der Waals surface area contributed by atoms with Crippen molar-refractivity contribution >= 4 is 22.4 Å². The van der Waals surface area contributed by atoms with Crippen LogP contribution in [0.25, 0.3) is 10.8 Å². The van der Waals surface area contributed by atoms with Gasteiger partial charge in [-0.3, -0.25) is 0 Å². The van der Waals surface area contributed by atoms with Gasteiger partial charge in [-0.05, 0) is 53.9 Å². The van der Waals surface area contributed by atoms with Crippen molar-refractivity contribution in [1.29, 1.82) is 0 Å². The Labute approximate surface area is 131 Å². The second kappa shape index (κ2) is 5.53. The summed E-state index contributed by atoms with van der Waals surface area (Å²) in [6.45, 7) is 0.864. The smallest absolute Gasteiger partial charge is 0.124 e. The molecule has 1 nitrogen and oxygen atoms in total. The topological polar surface area (TPSA) is 9.23 Å². The Morgan fingerprint density at radius 1 is 1.05 bits per heavy atom. The Morgan fingerprint density at radius 3 is 2.71 bits per heavy atom. The Hall–Kier alpha value is -1.21. The van der Waals surface area contributed by atoms with Crippen LogP contribution in [0.4, 0.5) is 0 Å². The van der Waals surface area contributed by atoms with E-state index in [1.165, 1.54) is 36.5 Å². The molecule has 0 amide bonds. The van der Waals surface area contributed by atoms with Crippen LogP contribution in [0.15, 0.2) is 36.4 Å². The first kappa shape index (κ1) is 13.5. The predicted molar refractivity (Wildman–Crippen MR) is 87.9 cm³/mol. The SMILES string of the molecule is ClCc1c(OCC2CC3CCC2C3)ccc2ccccc12. The van der Waals surface area contributed by atoms with E-state index in [1.54, 1.807) is 0 Å². The minimum Gasteiger partial charge on any atom is -0.493 e. The highest BCUT2D eigenvalue weighted by Crippen LogP contribution is 2.48. The lowest BCUT2D eigenvalue weighted by Crippen LogP contribution is -2.18. The number of hydrogen-bond donors (Lipinski definition) is 0. The largest absolute Gasteiger partial charge is 0.493 e. The second-order valence-corrected chi connectivity index (χ2v) is 6.91. The van der Waals surface area contributed by atoms with Gasteiger partial charge >= 0.3 is 0 Å². The molecule has 110 valence electrons. The van der Waals surface area contributed by atoms with E-state index in [1.807, 2.05) is 0 Å². The van der Waals surface area contributed by atoms with Crippen LogP contribution in [-0.2, 0) is 5.88 Å². The zero-order valence-electron chi connectivity index (χ0n) is 12.2. The summed E-state index contributed by atoms with van der Waals surface area (Å²) < 4.78 is 6.19. The molecule has 3 atom stereocenters. The summed E-state index contributed by atoms with van der Waals surface area (Å²) in [6.07, 6.45) is 5.67. The first-order valence-corrected chi connectivity index (χ1v) is 8.58. The molecule has 0 N–H and O–H groups in total. The maximum Gasteiger partial charge on any atom is 0.124 e. The molecule has 2 bridgehead atoms. The number of benzene rings is 2. The van der Waals surface area contributed by atoms with Crippen LogP contribution in [0.1, 0.15) is 31.2 Å². The summed E-state index contributed by atoms with van der Waals surface area (Å²) in [5.74, 6) is 4.14. The molecule has 2 aliphatic rings. The van der Waals surface area contributed by atoms with E-state index < -0.39 is 0 Å². The minimum absolute atomic E-state index is 0.507. The van der Waals surface area contributed by atoms with Gasteiger partial charge in [0.05, 0.1) is 12.5 Å². The highest BCUT2D eigenvalue weighted by molar-refractivity contribution is 6.18. The van der Waals surface area contributed by atoms with Crippen molar-refractivity contribution in [3.05, 3.63) is 42.0 Å². The third-order valence-corrected chi connectivity index (χ3v) is 5.74. The number of rotatable bonds is 4. The highest BCUT2D eigenvalue weighted by atomic mass is 35.5. The van der Waals surface area contributed by atoms with Gasteiger partial charge in [0.1, 0.15) is 5.75 Å². The molecule has 2 aromatic rings. The number of fused-ring (bicyclic) bond motifs is 3. The van der Waals surface area contributed by atoms with Gasteiger partial charge in [-0.25, -0.2) is 0 Å². The van der Waals surface area contributed by atoms with Crippen LogP contribution in [0.2, 0.25) is 0 Å². The lowest BCUT2D eigenvalue weighted by Gasteiger charge is -2.22. The first-order chi connectivity index (χ1) is 10.3. The summed E-state index contributed by atoms with van der Waals surface area (Å²) in [5, 5.41) is 2.46. The lowest BCUT2D eigenvalue weighted by molar-refractivity contribution is 0.194. The molecule has 2 heteroatoms. The Kier molecular flexibility index (Phi) is 3.54. The zero-order valence-corrected chi connectivity index (χ0v) is 13.0. The van der Waals surface area contributed by atoms with Crippen LogP contribution >= 0.6 is 11.6 Å². The molecule has 2 aliphatic carbocycles. The maximum atomic E-state index is 6.19. The van der Waals surface area contributed by atoms with E-state index in [9.17, 15) is 0 Å². The molecule has 2 aromatic carbocycles. The van der Waals surface area contributed by atoms with Gasteiger partial charge in [0, 0.05) is 5.56 Å². The van der Waals surface area contributed by atoms with E-state index >= 15 is 0 Å². The molecule has 0 aliphatic heterocycles. The normalized spacial score (nSPS) is 27.4. The van der Waals surface area contributed by atoms with E-state index in [4.69, 9.17) is 16.3 Å². The van der Waals surface area contributed by atoms with Crippen LogP contribution < -0.4 is 4.74 Å². The summed E-state index contributed by atoms with van der Waals surface area (Å²) >= 11 is 6.19. The van der Waals surface area contributed by atoms with E-state index in [-0.39, 0.29) is 0 Å². The average Bonchev–Trinajstić information content (AvgIpc) is 3.15. The summed E-state index contributed by atoms with van der Waals surface area (Å²) in [5.41, 5.74) is 1.14. The fourth-order valence-corrected chi connectivity index (χ4v) is 4.64.